The summed E-state index contributed by atoms with van der Waals surface area (Å²) in [6.07, 6.45) is 2.87. The third kappa shape index (κ3) is 3.84. The first-order valence-corrected chi connectivity index (χ1v) is 8.41. The second-order valence-corrected chi connectivity index (χ2v) is 6.30. The molecule has 0 spiro atoms. The second kappa shape index (κ2) is 7.78. The summed E-state index contributed by atoms with van der Waals surface area (Å²) in [5, 5.41) is 19.3. The van der Waals surface area contributed by atoms with Crippen LogP contribution in [0.1, 0.15) is 24.8 Å². The summed E-state index contributed by atoms with van der Waals surface area (Å²) >= 11 is 0. The summed E-state index contributed by atoms with van der Waals surface area (Å²) < 4.78 is 11.4. The number of nitrogens with zero attached hydrogens (tertiary/aromatic N) is 2. The fourth-order valence-electron chi connectivity index (χ4n) is 3.70. The van der Waals surface area contributed by atoms with E-state index in [0.717, 1.165) is 39.0 Å². The Bertz CT molecular complexity index is 557. The summed E-state index contributed by atoms with van der Waals surface area (Å²) in [4.78, 5) is 2.37. The molecule has 2 fully saturated rings. The van der Waals surface area contributed by atoms with Gasteiger partial charge in [0.15, 0.2) is 0 Å². The molecule has 1 aliphatic heterocycles. The molecule has 124 valence electrons. The highest BCUT2D eigenvalue weighted by Crippen LogP contribution is 2.32. The van der Waals surface area contributed by atoms with Crippen LogP contribution in [0.5, 0.6) is 5.75 Å². The highest BCUT2D eigenvalue weighted by Gasteiger charge is 2.37. The van der Waals surface area contributed by atoms with Gasteiger partial charge in [0.1, 0.15) is 18.4 Å². The van der Waals surface area contributed by atoms with E-state index in [1.165, 1.54) is 0 Å². The van der Waals surface area contributed by atoms with Crippen molar-refractivity contribution in [2.75, 3.05) is 32.9 Å². The van der Waals surface area contributed by atoms with E-state index in [0.29, 0.717) is 30.4 Å². The first kappa shape index (κ1) is 16.3. The van der Waals surface area contributed by atoms with Gasteiger partial charge in [-0.25, -0.2) is 0 Å². The molecule has 3 rings (SSSR count). The molecule has 0 unspecified atom stereocenters. The molecule has 2 aliphatic rings. The minimum absolute atomic E-state index is 0.204. The smallest absolute Gasteiger partial charge is 0.137 e. The Hall–Kier alpha value is -1.61. The number of rotatable bonds is 5. The zero-order valence-corrected chi connectivity index (χ0v) is 13.4. The molecule has 1 aromatic carbocycles. The Morgan fingerprint density at radius 2 is 2.22 bits per heavy atom. The molecule has 5 heteroatoms. The van der Waals surface area contributed by atoms with Crippen molar-refractivity contribution in [2.24, 2.45) is 5.92 Å². The van der Waals surface area contributed by atoms with E-state index >= 15 is 0 Å². The van der Waals surface area contributed by atoms with Crippen LogP contribution in [0.2, 0.25) is 0 Å². The van der Waals surface area contributed by atoms with Gasteiger partial charge in [0.05, 0.1) is 24.9 Å². The SMILES string of the molecule is N#Cc1ccccc1OCCN1CCOC[C@@H]1[C@@H]1CCC[C@@H]1O. The Morgan fingerprint density at radius 3 is 3.00 bits per heavy atom. The van der Waals surface area contributed by atoms with Crippen LogP contribution in [0.4, 0.5) is 0 Å². The summed E-state index contributed by atoms with van der Waals surface area (Å²) in [6, 6.07) is 9.74. The molecule has 1 aromatic rings. The lowest BCUT2D eigenvalue weighted by molar-refractivity contribution is -0.0532. The molecule has 3 atom stereocenters. The maximum absolute atomic E-state index is 10.2. The maximum atomic E-state index is 10.2. The van der Waals surface area contributed by atoms with Crippen LogP contribution >= 0.6 is 0 Å². The Kier molecular flexibility index (Phi) is 5.50. The quantitative estimate of drug-likeness (QED) is 0.897. The van der Waals surface area contributed by atoms with E-state index in [1.807, 2.05) is 18.2 Å². The van der Waals surface area contributed by atoms with Gasteiger partial charge >= 0.3 is 0 Å². The molecule has 1 aliphatic carbocycles. The van der Waals surface area contributed by atoms with E-state index in [4.69, 9.17) is 14.7 Å². The van der Waals surface area contributed by atoms with Crippen LogP contribution in [0.15, 0.2) is 24.3 Å². The molecule has 0 bridgehead atoms. The minimum Gasteiger partial charge on any atom is -0.491 e. The van der Waals surface area contributed by atoms with Crippen LogP contribution in [0.25, 0.3) is 0 Å². The van der Waals surface area contributed by atoms with Crippen LogP contribution in [0, 0.1) is 17.2 Å². The third-order valence-electron chi connectivity index (χ3n) is 4.95. The number of aliphatic hydroxyl groups excluding tert-OH is 1. The van der Waals surface area contributed by atoms with Crippen molar-refractivity contribution < 1.29 is 14.6 Å². The summed E-state index contributed by atoms with van der Waals surface area (Å²) in [7, 11) is 0. The van der Waals surface area contributed by atoms with Crippen LogP contribution in [0.3, 0.4) is 0 Å². The third-order valence-corrected chi connectivity index (χ3v) is 4.95. The van der Waals surface area contributed by atoms with E-state index in [9.17, 15) is 5.11 Å². The molecule has 0 radical (unpaired) electrons. The highest BCUT2D eigenvalue weighted by molar-refractivity contribution is 5.42. The molecular formula is C18H24N2O3. The normalized spacial score (nSPS) is 28.4. The van der Waals surface area contributed by atoms with Crippen molar-refractivity contribution in [1.29, 1.82) is 5.26 Å². The fourth-order valence-corrected chi connectivity index (χ4v) is 3.70. The number of benzene rings is 1. The van der Waals surface area contributed by atoms with E-state index in [-0.39, 0.29) is 12.1 Å². The monoisotopic (exact) mass is 316 g/mol. The number of morpholine rings is 1. The number of nitriles is 1. The molecule has 0 aromatic heterocycles. The Labute approximate surface area is 137 Å². The highest BCUT2D eigenvalue weighted by atomic mass is 16.5. The largest absolute Gasteiger partial charge is 0.491 e. The summed E-state index contributed by atoms with van der Waals surface area (Å²) in [6.45, 7) is 3.62. The first-order chi connectivity index (χ1) is 11.3. The van der Waals surface area contributed by atoms with Gasteiger partial charge in [0.25, 0.3) is 0 Å². The van der Waals surface area contributed by atoms with Crippen LogP contribution in [-0.2, 0) is 4.74 Å². The second-order valence-electron chi connectivity index (χ2n) is 6.30. The van der Waals surface area contributed by atoms with Gasteiger partial charge in [-0.1, -0.05) is 18.6 Å². The maximum Gasteiger partial charge on any atom is 0.137 e. The van der Waals surface area contributed by atoms with Gasteiger partial charge < -0.3 is 14.6 Å². The lowest BCUT2D eigenvalue weighted by atomic mass is 9.94. The van der Waals surface area contributed by atoms with Gasteiger partial charge in [-0.3, -0.25) is 4.90 Å². The van der Waals surface area contributed by atoms with Crippen molar-refractivity contribution in [3.8, 4) is 11.8 Å². The van der Waals surface area contributed by atoms with Gasteiger partial charge in [-0.2, -0.15) is 5.26 Å². The Balaban J connectivity index is 1.56. The minimum atomic E-state index is -0.204. The van der Waals surface area contributed by atoms with Gasteiger partial charge in [0.2, 0.25) is 0 Å². The molecule has 1 N–H and O–H groups in total. The number of hydrogen-bond acceptors (Lipinski definition) is 5. The lowest BCUT2D eigenvalue weighted by Gasteiger charge is -2.40. The Morgan fingerprint density at radius 1 is 1.35 bits per heavy atom. The van der Waals surface area contributed by atoms with Gasteiger partial charge in [-0.15, -0.1) is 0 Å². The van der Waals surface area contributed by atoms with Gasteiger partial charge in [0, 0.05) is 25.0 Å². The lowest BCUT2D eigenvalue weighted by Crippen LogP contribution is -2.52. The summed E-state index contributed by atoms with van der Waals surface area (Å²) in [5.41, 5.74) is 0.567. The van der Waals surface area contributed by atoms with Crippen molar-refractivity contribution in [3.63, 3.8) is 0 Å². The van der Waals surface area contributed by atoms with E-state index < -0.39 is 0 Å². The van der Waals surface area contributed by atoms with Crippen LogP contribution < -0.4 is 4.74 Å². The number of hydrogen-bond donors (Lipinski definition) is 1. The van der Waals surface area contributed by atoms with E-state index in [2.05, 4.69) is 11.0 Å². The average molecular weight is 316 g/mol. The van der Waals surface area contributed by atoms with Crippen molar-refractivity contribution >= 4 is 0 Å². The predicted octanol–water partition coefficient (Wildman–Crippen LogP) is 1.80. The number of ether oxygens (including phenoxy) is 2. The molecule has 1 saturated heterocycles. The summed E-state index contributed by atoms with van der Waals surface area (Å²) in [5.74, 6) is 0.947. The number of para-hydroxylation sites is 1. The van der Waals surface area contributed by atoms with E-state index in [1.54, 1.807) is 6.07 Å². The van der Waals surface area contributed by atoms with Gasteiger partial charge in [-0.05, 0) is 25.0 Å². The molecule has 0 amide bonds. The average Bonchev–Trinajstić information content (AvgIpc) is 3.01. The van der Waals surface area contributed by atoms with Crippen molar-refractivity contribution in [2.45, 2.75) is 31.4 Å². The molecule has 5 nitrogen and oxygen atoms in total. The molecular weight excluding hydrogens is 292 g/mol. The zero-order chi connectivity index (χ0) is 16.1. The zero-order valence-electron chi connectivity index (χ0n) is 13.4. The number of aliphatic hydroxyl groups is 1. The standard InChI is InChI=1S/C18H24N2O3/c19-12-14-4-1-2-7-18(14)23-11-9-20-8-10-22-13-16(20)15-5-3-6-17(15)21/h1-2,4,7,15-17,21H,3,5-6,8-11,13H2/t15-,16+,17-/m0/s1. The van der Waals surface area contributed by atoms with Crippen LogP contribution in [-0.4, -0.2) is 55.1 Å². The topological polar surface area (TPSA) is 65.7 Å². The predicted molar refractivity (Wildman–Crippen MR) is 86.2 cm³/mol. The van der Waals surface area contributed by atoms with Crippen molar-refractivity contribution in [3.05, 3.63) is 29.8 Å². The molecule has 1 heterocycles. The fraction of sp³-hybridized carbons (Fsp3) is 0.611. The first-order valence-electron chi connectivity index (χ1n) is 8.41. The molecule has 23 heavy (non-hydrogen) atoms. The van der Waals surface area contributed by atoms with Crippen molar-refractivity contribution in [1.82, 2.24) is 4.90 Å². The molecule has 1 saturated carbocycles.